The molecular weight excluding hydrogens is 995 g/mol. The Bertz CT molecular complexity index is 3610. The van der Waals surface area contributed by atoms with Crippen molar-refractivity contribution in [1.82, 2.24) is 25.2 Å². The number of nitro groups is 1. The van der Waals surface area contributed by atoms with Gasteiger partial charge in [0.1, 0.15) is 48.6 Å². The number of aliphatic hydroxyl groups excluding tert-OH is 2. The van der Waals surface area contributed by atoms with Crippen molar-refractivity contribution in [2.24, 2.45) is 5.92 Å². The number of carbonyl (C=O) groups excluding carboxylic acids is 4. The van der Waals surface area contributed by atoms with Crippen LogP contribution in [0.5, 0.6) is 5.75 Å². The van der Waals surface area contributed by atoms with Gasteiger partial charge in [-0.2, -0.15) is 0 Å². The quantitative estimate of drug-likeness (QED) is 0.0412. The van der Waals surface area contributed by atoms with Gasteiger partial charge in [0.05, 0.1) is 46.8 Å². The highest BCUT2D eigenvalue weighted by molar-refractivity contribution is 6.23. The smallest absolute Gasteiger partial charge is 0.421 e. The van der Waals surface area contributed by atoms with E-state index >= 15 is 14.4 Å². The average molecular weight is 1040 g/mol. The zero-order valence-corrected chi connectivity index (χ0v) is 41.6. The number of nitro benzene ring substituents is 1. The molecule has 11 rings (SSSR count). The normalized spacial score (nSPS) is 20.7. The molecule has 18 heteroatoms. The van der Waals surface area contributed by atoms with Crippen LogP contribution in [0.2, 0.25) is 0 Å². The number of benzene rings is 7. The molecule has 4 heterocycles. The molecule has 3 aliphatic heterocycles. The second kappa shape index (κ2) is 21.6. The lowest BCUT2D eigenvalue weighted by atomic mass is 9.65. The number of nitrogens with zero attached hydrogens (tertiary/aromatic N) is 6. The molecule has 2 fully saturated rings. The number of hydrogen-bond donors (Lipinski definition) is 3. The summed E-state index contributed by atoms with van der Waals surface area (Å²) in [6, 6.07) is 47.9. The fourth-order valence-corrected chi connectivity index (χ4v) is 11.1. The van der Waals surface area contributed by atoms with E-state index in [1.54, 1.807) is 77.5 Å². The van der Waals surface area contributed by atoms with Crippen LogP contribution in [0.4, 0.5) is 16.2 Å². The predicted molar refractivity (Wildman–Crippen MR) is 283 cm³/mol. The van der Waals surface area contributed by atoms with E-state index in [0.717, 1.165) is 10.4 Å². The highest BCUT2D eigenvalue weighted by Crippen LogP contribution is 2.66. The third-order valence-corrected chi connectivity index (χ3v) is 14.5. The van der Waals surface area contributed by atoms with E-state index in [-0.39, 0.29) is 43.2 Å². The number of aromatic nitrogens is 3. The molecule has 1 spiro atoms. The Morgan fingerprint density at radius 1 is 0.808 bits per heavy atom. The van der Waals surface area contributed by atoms with Gasteiger partial charge in [-0.3, -0.25) is 29.4 Å². The number of non-ortho nitro benzene ring substituents is 1. The number of aliphatic hydroxyl groups is 2. The molecule has 18 nitrogen and oxygen atoms in total. The van der Waals surface area contributed by atoms with Gasteiger partial charge in [-0.25, -0.2) is 14.4 Å². The lowest BCUT2D eigenvalue weighted by Crippen LogP contribution is -2.56. The van der Waals surface area contributed by atoms with Crippen molar-refractivity contribution in [1.29, 1.82) is 0 Å². The largest absolute Gasteiger partial charge is 0.491 e. The number of cyclic esters (lactones) is 1. The molecule has 390 valence electrons. The molecule has 0 unspecified atom stereocenters. The Morgan fingerprint density at radius 2 is 1.49 bits per heavy atom. The van der Waals surface area contributed by atoms with Crippen LogP contribution in [0.3, 0.4) is 0 Å². The molecule has 0 bridgehead atoms. The Morgan fingerprint density at radius 3 is 2.19 bits per heavy atom. The van der Waals surface area contributed by atoms with Crippen LogP contribution in [-0.2, 0) is 42.4 Å². The van der Waals surface area contributed by atoms with Gasteiger partial charge in [-0.1, -0.05) is 132 Å². The molecule has 8 aromatic rings. The molecule has 1 aromatic heterocycles. The van der Waals surface area contributed by atoms with Gasteiger partial charge in [0.25, 0.3) is 5.69 Å². The summed E-state index contributed by atoms with van der Waals surface area (Å²) in [5, 5.41) is 44.2. The second-order valence-electron chi connectivity index (χ2n) is 19.0. The topological polar surface area (TPSA) is 229 Å². The van der Waals surface area contributed by atoms with Crippen LogP contribution in [0.15, 0.2) is 182 Å². The Balaban J connectivity index is 1.13. The molecule has 0 aliphatic carbocycles. The minimum absolute atomic E-state index is 0.0155. The monoisotopic (exact) mass is 1040 g/mol. The van der Waals surface area contributed by atoms with Crippen LogP contribution in [-0.4, -0.2) is 84.7 Å². The fourth-order valence-electron chi connectivity index (χ4n) is 11.1. The first-order valence-electron chi connectivity index (χ1n) is 25.1. The fraction of sp³-hybridized carbons (Fsp3) is 0.200. The van der Waals surface area contributed by atoms with E-state index in [1.807, 2.05) is 89.8 Å². The Labute approximate surface area is 446 Å². The van der Waals surface area contributed by atoms with Crippen molar-refractivity contribution >= 4 is 46.3 Å². The maximum atomic E-state index is 16.7. The number of anilines is 1. The summed E-state index contributed by atoms with van der Waals surface area (Å²) in [5.74, 6) is 2.53. The van der Waals surface area contributed by atoms with Crippen LogP contribution in [0.1, 0.15) is 63.2 Å². The first-order chi connectivity index (χ1) is 38.1. The SMILES string of the molecule is O=C1O[C@H](c2ccccc2)[C@H](c2ccccc2)N2[C@H]1[C@@H](C(=O)NC[C@H](O)c1ccccc1)[C@]1(C(=O)N(C(=O)OCc3ccc([N+](=O)[O-])cc3)c3ccc(C#CCn4nnc5ccccc54)cc31)[C@H]2c1ccc(OCCO)cc1. The van der Waals surface area contributed by atoms with E-state index in [0.29, 0.717) is 44.6 Å². The summed E-state index contributed by atoms with van der Waals surface area (Å²) in [4.78, 5) is 76.8. The number of nitrogens with one attached hydrogen (secondary N) is 1. The van der Waals surface area contributed by atoms with Crippen molar-refractivity contribution in [3.63, 3.8) is 0 Å². The molecule has 3 aliphatic rings. The second-order valence-corrected chi connectivity index (χ2v) is 19.0. The molecule has 0 radical (unpaired) electrons. The number of fused-ring (bicyclic) bond motifs is 4. The molecule has 3 amide bonds. The van der Waals surface area contributed by atoms with Crippen LogP contribution < -0.4 is 15.0 Å². The van der Waals surface area contributed by atoms with E-state index in [9.17, 15) is 25.1 Å². The lowest BCUT2D eigenvalue weighted by molar-refractivity contribution is -0.384. The molecule has 0 saturated carbocycles. The van der Waals surface area contributed by atoms with E-state index < -0.39 is 77.1 Å². The number of amides is 3. The third-order valence-electron chi connectivity index (χ3n) is 14.5. The number of imide groups is 1. The van der Waals surface area contributed by atoms with E-state index in [2.05, 4.69) is 27.5 Å². The third kappa shape index (κ3) is 9.25. The van der Waals surface area contributed by atoms with Crippen LogP contribution in [0, 0.1) is 27.9 Å². The van der Waals surface area contributed by atoms with Gasteiger partial charge in [-0.15, -0.1) is 5.10 Å². The van der Waals surface area contributed by atoms with Gasteiger partial charge >= 0.3 is 12.1 Å². The maximum absolute atomic E-state index is 16.7. The van der Waals surface area contributed by atoms with Gasteiger partial charge < -0.3 is 29.7 Å². The minimum atomic E-state index is -2.21. The Kier molecular flexibility index (Phi) is 14.0. The van der Waals surface area contributed by atoms with Crippen LogP contribution >= 0.6 is 0 Å². The summed E-state index contributed by atoms with van der Waals surface area (Å²) >= 11 is 0. The van der Waals surface area contributed by atoms with Gasteiger partial charge in [0, 0.05) is 24.2 Å². The number of ether oxygens (including phenoxy) is 3. The number of morpholine rings is 1. The number of carbonyl (C=O) groups is 4. The number of rotatable bonds is 14. The van der Waals surface area contributed by atoms with Crippen molar-refractivity contribution in [3.8, 4) is 17.6 Å². The number of hydrogen-bond acceptors (Lipinski definition) is 14. The van der Waals surface area contributed by atoms with Crippen molar-refractivity contribution in [3.05, 3.63) is 231 Å². The molecule has 7 atom stereocenters. The lowest BCUT2D eigenvalue weighted by Gasteiger charge is -2.46. The first-order valence-corrected chi connectivity index (χ1v) is 25.1. The zero-order valence-electron chi connectivity index (χ0n) is 41.6. The standard InChI is InChI=1S/C60H49N7O11/c68-33-34-76-45-29-25-43(26-30-45)55-60(51(56(70)61-36-50(69)40-14-4-1-5-15-40)53-57(71)78-54(42-18-8-3-9-19-42)52(66(53)55)41-16-6-2-7-17-41)46-35-38(13-12-32-64-49-21-11-10-20-47(49)62-63-64)24-31-48(46)65(58(60)72)59(73)77-37-39-22-27-44(28-23-39)67(74)75/h1-11,14-31,35,50-55,68-69H,32-34,36-37H2,(H,61,70)/t50-,51-,52-,53-,54+,55+,60-/m0/s1. The summed E-state index contributed by atoms with van der Waals surface area (Å²) in [6.07, 6.45) is -3.35. The average Bonchev–Trinajstić information content (AvgIpc) is 3.86. The van der Waals surface area contributed by atoms with Crippen LogP contribution in [0.25, 0.3) is 11.0 Å². The number of para-hydroxylation sites is 1. The van der Waals surface area contributed by atoms with E-state index in [4.69, 9.17) is 14.2 Å². The summed E-state index contributed by atoms with van der Waals surface area (Å²) < 4.78 is 20.0. The molecule has 3 N–H and O–H groups in total. The summed E-state index contributed by atoms with van der Waals surface area (Å²) in [7, 11) is 0. The maximum Gasteiger partial charge on any atom is 0.421 e. The summed E-state index contributed by atoms with van der Waals surface area (Å²) in [5.41, 5.74) is 2.26. The van der Waals surface area contributed by atoms with Gasteiger partial charge in [0.15, 0.2) is 0 Å². The van der Waals surface area contributed by atoms with Crippen molar-refractivity contribution in [2.75, 3.05) is 24.7 Å². The predicted octanol–water partition coefficient (Wildman–Crippen LogP) is 7.61. The Hall–Kier alpha value is -9.54. The minimum Gasteiger partial charge on any atom is -0.491 e. The molecule has 78 heavy (non-hydrogen) atoms. The zero-order chi connectivity index (χ0) is 53.9. The molecular formula is C60H49N7O11. The van der Waals surface area contributed by atoms with Gasteiger partial charge in [0.2, 0.25) is 11.8 Å². The van der Waals surface area contributed by atoms with Crippen molar-refractivity contribution < 1.29 is 48.5 Å². The first kappa shape index (κ1) is 50.6. The highest BCUT2D eigenvalue weighted by Gasteiger charge is 2.75. The molecule has 2 saturated heterocycles. The number of esters is 1. The van der Waals surface area contributed by atoms with Crippen molar-refractivity contribution in [2.45, 2.75) is 48.9 Å². The molecule has 7 aromatic carbocycles. The highest BCUT2D eigenvalue weighted by atomic mass is 16.6. The summed E-state index contributed by atoms with van der Waals surface area (Å²) in [6.45, 7) is -0.898. The van der Waals surface area contributed by atoms with Gasteiger partial charge in [-0.05, 0) is 88.0 Å². The van der Waals surface area contributed by atoms with E-state index in [1.165, 1.54) is 24.3 Å².